The number of benzene rings is 2. The van der Waals surface area contributed by atoms with E-state index in [0.717, 1.165) is 18.4 Å². The largest absolute Gasteiger partial charge is 0.337 e. The number of hydrogen-bond acceptors (Lipinski definition) is 4. The van der Waals surface area contributed by atoms with E-state index in [-0.39, 0.29) is 11.9 Å². The van der Waals surface area contributed by atoms with Gasteiger partial charge in [-0.1, -0.05) is 59.2 Å². The van der Waals surface area contributed by atoms with Crippen LogP contribution in [0.2, 0.25) is 5.02 Å². The van der Waals surface area contributed by atoms with Crippen LogP contribution in [0.25, 0.3) is 11.4 Å². The van der Waals surface area contributed by atoms with Crippen LogP contribution < -0.4 is 0 Å². The van der Waals surface area contributed by atoms with E-state index in [0.29, 0.717) is 28.8 Å². The van der Waals surface area contributed by atoms with Crippen molar-refractivity contribution in [3.8, 4) is 11.4 Å². The fourth-order valence-corrected chi connectivity index (χ4v) is 3.35. The molecule has 0 N–H and O–H groups in total. The maximum atomic E-state index is 12.9. The molecule has 1 aliphatic rings. The maximum absolute atomic E-state index is 12.9. The molecule has 0 radical (unpaired) electrons. The Morgan fingerprint density at radius 1 is 1.12 bits per heavy atom. The van der Waals surface area contributed by atoms with Gasteiger partial charge in [-0.05, 0) is 25.0 Å². The summed E-state index contributed by atoms with van der Waals surface area (Å²) in [7, 11) is 0. The normalized spacial score (nSPS) is 17.0. The first-order chi connectivity index (χ1) is 12.2. The number of rotatable bonds is 3. The Morgan fingerprint density at radius 3 is 2.68 bits per heavy atom. The first kappa shape index (κ1) is 15.8. The molecule has 1 aliphatic heterocycles. The van der Waals surface area contributed by atoms with Crippen molar-refractivity contribution in [3.63, 3.8) is 0 Å². The van der Waals surface area contributed by atoms with E-state index in [1.807, 2.05) is 42.5 Å². The van der Waals surface area contributed by atoms with Crippen molar-refractivity contribution in [3.05, 3.63) is 71.1 Å². The summed E-state index contributed by atoms with van der Waals surface area (Å²) < 4.78 is 5.46. The first-order valence-corrected chi connectivity index (χ1v) is 8.56. The number of hydrogen-bond donors (Lipinski definition) is 0. The molecule has 6 heteroatoms. The topological polar surface area (TPSA) is 59.2 Å². The van der Waals surface area contributed by atoms with Crippen LogP contribution in [-0.4, -0.2) is 27.5 Å². The minimum Gasteiger partial charge on any atom is -0.337 e. The molecule has 1 aromatic heterocycles. The van der Waals surface area contributed by atoms with Crippen molar-refractivity contribution in [2.75, 3.05) is 6.54 Å². The number of carbonyl (C=O) groups excluding carboxylic acids is 1. The lowest BCUT2D eigenvalue weighted by Crippen LogP contribution is -2.30. The van der Waals surface area contributed by atoms with Crippen LogP contribution >= 0.6 is 11.6 Å². The molecule has 25 heavy (non-hydrogen) atoms. The SMILES string of the molecule is O=C(c1ccccc1Cl)N1CCCC1c1nc(-c2ccccc2)no1. The Bertz CT molecular complexity index is 894. The third-order valence-electron chi connectivity index (χ3n) is 4.38. The number of carbonyl (C=O) groups is 1. The highest BCUT2D eigenvalue weighted by Crippen LogP contribution is 2.34. The van der Waals surface area contributed by atoms with E-state index in [1.165, 1.54) is 0 Å². The summed E-state index contributed by atoms with van der Waals surface area (Å²) in [5.41, 5.74) is 1.39. The Hall–Kier alpha value is -2.66. The minimum atomic E-state index is -0.214. The Kier molecular flexibility index (Phi) is 4.24. The second-order valence-electron chi connectivity index (χ2n) is 5.96. The molecule has 0 bridgehead atoms. The van der Waals surface area contributed by atoms with Crippen molar-refractivity contribution >= 4 is 17.5 Å². The fraction of sp³-hybridized carbons (Fsp3) is 0.211. The molecule has 126 valence electrons. The van der Waals surface area contributed by atoms with Crippen molar-refractivity contribution in [1.82, 2.24) is 15.0 Å². The maximum Gasteiger partial charge on any atom is 0.256 e. The van der Waals surface area contributed by atoms with Gasteiger partial charge in [0.25, 0.3) is 5.91 Å². The molecular formula is C19H16ClN3O2. The highest BCUT2D eigenvalue weighted by molar-refractivity contribution is 6.33. The summed E-state index contributed by atoms with van der Waals surface area (Å²) in [6.07, 6.45) is 1.69. The molecule has 1 atom stereocenters. The van der Waals surface area contributed by atoms with E-state index >= 15 is 0 Å². The predicted octanol–water partition coefficient (Wildman–Crippen LogP) is 4.37. The van der Waals surface area contributed by atoms with Gasteiger partial charge in [0.05, 0.1) is 10.6 Å². The molecule has 0 saturated carbocycles. The number of amides is 1. The average Bonchev–Trinajstić information content (AvgIpc) is 3.31. The molecule has 0 aliphatic carbocycles. The van der Waals surface area contributed by atoms with Gasteiger partial charge in [0.2, 0.25) is 11.7 Å². The lowest BCUT2D eigenvalue weighted by Gasteiger charge is -2.22. The molecule has 1 saturated heterocycles. The van der Waals surface area contributed by atoms with Gasteiger partial charge in [-0.25, -0.2) is 0 Å². The van der Waals surface area contributed by atoms with Crippen LogP contribution in [0.3, 0.4) is 0 Å². The van der Waals surface area contributed by atoms with Gasteiger partial charge >= 0.3 is 0 Å². The van der Waals surface area contributed by atoms with Gasteiger partial charge in [-0.3, -0.25) is 4.79 Å². The quantitative estimate of drug-likeness (QED) is 0.701. The smallest absolute Gasteiger partial charge is 0.256 e. The number of likely N-dealkylation sites (tertiary alicyclic amines) is 1. The number of nitrogens with zero attached hydrogens (tertiary/aromatic N) is 3. The van der Waals surface area contributed by atoms with Crippen LogP contribution in [0.5, 0.6) is 0 Å². The Morgan fingerprint density at radius 2 is 1.88 bits per heavy atom. The molecule has 2 aromatic carbocycles. The summed E-state index contributed by atoms with van der Waals surface area (Å²) in [5, 5.41) is 4.52. The summed E-state index contributed by atoms with van der Waals surface area (Å²) in [6.45, 7) is 0.651. The van der Waals surface area contributed by atoms with Gasteiger partial charge in [0, 0.05) is 12.1 Å². The van der Waals surface area contributed by atoms with Crippen LogP contribution in [0.15, 0.2) is 59.1 Å². The standard InChI is InChI=1S/C19H16ClN3O2/c20-15-10-5-4-9-14(15)19(24)23-12-6-11-16(23)18-21-17(22-25-18)13-7-2-1-3-8-13/h1-5,7-10,16H,6,11-12H2. The van der Waals surface area contributed by atoms with Crippen LogP contribution in [0, 0.1) is 0 Å². The second kappa shape index (κ2) is 6.69. The van der Waals surface area contributed by atoms with E-state index < -0.39 is 0 Å². The first-order valence-electron chi connectivity index (χ1n) is 8.18. The fourth-order valence-electron chi connectivity index (χ4n) is 3.13. The monoisotopic (exact) mass is 353 g/mol. The Balaban J connectivity index is 1.61. The highest BCUT2D eigenvalue weighted by Gasteiger charge is 2.35. The van der Waals surface area contributed by atoms with Gasteiger partial charge < -0.3 is 9.42 Å². The molecule has 1 amide bonds. The van der Waals surface area contributed by atoms with Crippen molar-refractivity contribution in [2.24, 2.45) is 0 Å². The van der Waals surface area contributed by atoms with E-state index in [9.17, 15) is 4.79 Å². The molecule has 0 spiro atoms. The Labute approximate surface area is 150 Å². The van der Waals surface area contributed by atoms with E-state index in [1.54, 1.807) is 17.0 Å². The lowest BCUT2D eigenvalue weighted by atomic mass is 10.1. The molecule has 3 aromatic rings. The summed E-state index contributed by atoms with van der Waals surface area (Å²) >= 11 is 6.18. The molecule has 1 fully saturated rings. The molecule has 4 rings (SSSR count). The number of aromatic nitrogens is 2. The minimum absolute atomic E-state index is 0.104. The second-order valence-corrected chi connectivity index (χ2v) is 6.37. The number of halogens is 1. The van der Waals surface area contributed by atoms with Crippen molar-refractivity contribution < 1.29 is 9.32 Å². The molecule has 1 unspecified atom stereocenters. The zero-order valence-corrected chi connectivity index (χ0v) is 14.2. The van der Waals surface area contributed by atoms with E-state index in [2.05, 4.69) is 10.1 Å². The van der Waals surface area contributed by atoms with Crippen molar-refractivity contribution in [1.29, 1.82) is 0 Å². The lowest BCUT2D eigenvalue weighted by molar-refractivity contribution is 0.0710. The summed E-state index contributed by atoms with van der Waals surface area (Å²) in [5.74, 6) is 0.900. The molecule has 2 heterocycles. The molecular weight excluding hydrogens is 338 g/mol. The zero-order valence-electron chi connectivity index (χ0n) is 13.4. The van der Waals surface area contributed by atoms with Crippen LogP contribution in [0.4, 0.5) is 0 Å². The average molecular weight is 354 g/mol. The third-order valence-corrected chi connectivity index (χ3v) is 4.71. The van der Waals surface area contributed by atoms with E-state index in [4.69, 9.17) is 16.1 Å². The zero-order chi connectivity index (χ0) is 17.2. The van der Waals surface area contributed by atoms with Crippen LogP contribution in [0.1, 0.15) is 35.1 Å². The third kappa shape index (κ3) is 3.03. The van der Waals surface area contributed by atoms with Crippen molar-refractivity contribution in [2.45, 2.75) is 18.9 Å². The van der Waals surface area contributed by atoms with Gasteiger partial charge in [0.1, 0.15) is 6.04 Å². The van der Waals surface area contributed by atoms with Gasteiger partial charge in [-0.2, -0.15) is 4.98 Å². The van der Waals surface area contributed by atoms with Gasteiger partial charge in [-0.15, -0.1) is 0 Å². The van der Waals surface area contributed by atoms with Gasteiger partial charge in [0.15, 0.2) is 0 Å². The summed E-state index contributed by atoms with van der Waals surface area (Å²) in [6, 6.07) is 16.5. The van der Waals surface area contributed by atoms with Crippen LogP contribution in [-0.2, 0) is 0 Å². The molecule has 5 nitrogen and oxygen atoms in total. The predicted molar refractivity (Wildman–Crippen MR) is 94.2 cm³/mol. The highest BCUT2D eigenvalue weighted by atomic mass is 35.5. The summed E-state index contributed by atoms with van der Waals surface area (Å²) in [4.78, 5) is 19.2.